The van der Waals surface area contributed by atoms with Crippen LogP contribution in [0.25, 0.3) is 0 Å². The first-order chi connectivity index (χ1) is 9.10. The van der Waals surface area contributed by atoms with Crippen LogP contribution in [-0.2, 0) is 11.2 Å². The van der Waals surface area contributed by atoms with Gasteiger partial charge in [-0.15, -0.1) is 0 Å². The molecule has 1 aromatic rings. The average molecular weight is 265 g/mol. The molecule has 0 bridgehead atoms. The zero-order chi connectivity index (χ0) is 13.8. The van der Waals surface area contributed by atoms with Gasteiger partial charge >= 0.3 is 0 Å². The van der Waals surface area contributed by atoms with Crippen LogP contribution in [0.2, 0.25) is 0 Å². The Morgan fingerprint density at radius 2 is 2.32 bits per heavy atom. The maximum atomic E-state index is 11.6. The van der Waals surface area contributed by atoms with Crippen LogP contribution in [0.4, 0.5) is 0 Å². The van der Waals surface area contributed by atoms with Crippen LogP contribution in [0.5, 0.6) is 0 Å². The minimum Gasteiger partial charge on any atom is -0.466 e. The number of nitrogens with one attached hydrogen (secondary N) is 1. The molecule has 1 heterocycles. The maximum Gasteiger partial charge on any atom is 0.220 e. The SMILES string of the molecule is CCC(O)CNC(=O)CCc1ccc(C2CC2C)o1. The van der Waals surface area contributed by atoms with Gasteiger partial charge in [0.2, 0.25) is 5.91 Å². The number of hydrogen-bond acceptors (Lipinski definition) is 3. The predicted octanol–water partition coefficient (Wildman–Crippen LogP) is 2.22. The summed E-state index contributed by atoms with van der Waals surface area (Å²) in [5.41, 5.74) is 0. The van der Waals surface area contributed by atoms with Gasteiger partial charge in [0, 0.05) is 25.3 Å². The van der Waals surface area contributed by atoms with E-state index in [-0.39, 0.29) is 5.91 Å². The molecule has 1 amide bonds. The van der Waals surface area contributed by atoms with Crippen molar-refractivity contribution in [3.8, 4) is 0 Å². The first-order valence-electron chi connectivity index (χ1n) is 7.13. The fourth-order valence-electron chi connectivity index (χ4n) is 2.15. The quantitative estimate of drug-likeness (QED) is 0.794. The largest absolute Gasteiger partial charge is 0.466 e. The highest BCUT2D eigenvalue weighted by Crippen LogP contribution is 2.47. The lowest BCUT2D eigenvalue weighted by molar-refractivity contribution is -0.121. The molecule has 0 saturated heterocycles. The average Bonchev–Trinajstić information content (AvgIpc) is 2.95. The van der Waals surface area contributed by atoms with Crippen LogP contribution >= 0.6 is 0 Å². The fourth-order valence-corrected chi connectivity index (χ4v) is 2.15. The van der Waals surface area contributed by atoms with Crippen LogP contribution in [0.1, 0.15) is 50.5 Å². The highest BCUT2D eigenvalue weighted by molar-refractivity contribution is 5.76. The summed E-state index contributed by atoms with van der Waals surface area (Å²) < 4.78 is 5.75. The third-order valence-corrected chi connectivity index (χ3v) is 3.76. The summed E-state index contributed by atoms with van der Waals surface area (Å²) in [6, 6.07) is 4.00. The van der Waals surface area contributed by atoms with Gasteiger partial charge in [0.25, 0.3) is 0 Å². The second kappa shape index (κ2) is 6.24. The molecule has 1 fully saturated rings. The Bertz CT molecular complexity index is 427. The molecule has 2 N–H and O–H groups in total. The second-order valence-corrected chi connectivity index (χ2v) is 5.49. The zero-order valence-corrected chi connectivity index (χ0v) is 11.7. The second-order valence-electron chi connectivity index (χ2n) is 5.49. The Kier molecular flexibility index (Phi) is 4.64. The van der Waals surface area contributed by atoms with Gasteiger partial charge in [0.1, 0.15) is 11.5 Å². The molecule has 3 atom stereocenters. The van der Waals surface area contributed by atoms with E-state index < -0.39 is 6.10 Å². The van der Waals surface area contributed by atoms with Crippen LogP contribution < -0.4 is 5.32 Å². The molecular weight excluding hydrogens is 242 g/mol. The van der Waals surface area contributed by atoms with Gasteiger partial charge in [-0.2, -0.15) is 0 Å². The smallest absolute Gasteiger partial charge is 0.220 e. The van der Waals surface area contributed by atoms with Crippen LogP contribution in [0, 0.1) is 5.92 Å². The summed E-state index contributed by atoms with van der Waals surface area (Å²) >= 11 is 0. The standard InChI is InChI=1S/C15H23NO3/c1-3-11(17)9-16-15(18)7-5-12-4-6-14(19-12)13-8-10(13)2/h4,6,10-11,13,17H,3,5,7-9H2,1-2H3,(H,16,18). The van der Waals surface area contributed by atoms with Crippen molar-refractivity contribution in [1.82, 2.24) is 5.32 Å². The van der Waals surface area contributed by atoms with Crippen molar-refractivity contribution >= 4 is 5.91 Å². The molecule has 19 heavy (non-hydrogen) atoms. The number of amides is 1. The van der Waals surface area contributed by atoms with E-state index in [1.54, 1.807) is 0 Å². The molecule has 2 rings (SSSR count). The molecule has 4 nitrogen and oxygen atoms in total. The lowest BCUT2D eigenvalue weighted by Crippen LogP contribution is -2.31. The van der Waals surface area contributed by atoms with E-state index >= 15 is 0 Å². The van der Waals surface area contributed by atoms with E-state index in [1.807, 2.05) is 19.1 Å². The van der Waals surface area contributed by atoms with E-state index in [2.05, 4.69) is 12.2 Å². The molecule has 1 aromatic heterocycles. The number of carbonyl (C=O) groups is 1. The van der Waals surface area contributed by atoms with E-state index in [0.29, 0.717) is 31.7 Å². The van der Waals surface area contributed by atoms with Gasteiger partial charge < -0.3 is 14.8 Å². The normalized spacial score (nSPS) is 23.1. The Morgan fingerprint density at radius 3 is 2.95 bits per heavy atom. The lowest BCUT2D eigenvalue weighted by Gasteiger charge is -2.08. The molecule has 0 radical (unpaired) electrons. The van der Waals surface area contributed by atoms with Crippen LogP contribution in [-0.4, -0.2) is 23.7 Å². The van der Waals surface area contributed by atoms with Crippen molar-refractivity contribution in [3.63, 3.8) is 0 Å². The number of aryl methyl sites for hydroxylation is 1. The molecule has 0 aliphatic heterocycles. The molecular formula is C15H23NO3. The van der Waals surface area contributed by atoms with Gasteiger partial charge in [-0.25, -0.2) is 0 Å². The molecule has 1 saturated carbocycles. The van der Waals surface area contributed by atoms with Crippen LogP contribution in [0.3, 0.4) is 0 Å². The number of furan rings is 1. The number of aliphatic hydroxyl groups excluding tert-OH is 1. The van der Waals surface area contributed by atoms with Crippen molar-refractivity contribution in [2.75, 3.05) is 6.54 Å². The summed E-state index contributed by atoms with van der Waals surface area (Å²) in [5.74, 6) is 3.22. The third kappa shape index (κ3) is 4.10. The van der Waals surface area contributed by atoms with Crippen molar-refractivity contribution in [2.45, 2.75) is 51.6 Å². The molecule has 0 spiro atoms. The Hall–Kier alpha value is -1.29. The van der Waals surface area contributed by atoms with Gasteiger partial charge in [0.05, 0.1) is 6.10 Å². The van der Waals surface area contributed by atoms with Crippen molar-refractivity contribution in [2.24, 2.45) is 5.92 Å². The van der Waals surface area contributed by atoms with E-state index in [1.165, 1.54) is 6.42 Å². The minimum absolute atomic E-state index is 0.0368. The molecule has 1 aliphatic rings. The highest BCUT2D eigenvalue weighted by atomic mass is 16.3. The van der Waals surface area contributed by atoms with E-state index in [4.69, 9.17) is 4.42 Å². The van der Waals surface area contributed by atoms with Crippen molar-refractivity contribution in [3.05, 3.63) is 23.7 Å². The summed E-state index contributed by atoms with van der Waals surface area (Å²) in [7, 11) is 0. The monoisotopic (exact) mass is 265 g/mol. The Balaban J connectivity index is 1.70. The fraction of sp³-hybridized carbons (Fsp3) is 0.667. The summed E-state index contributed by atoms with van der Waals surface area (Å²) in [6.07, 6.45) is 2.44. The van der Waals surface area contributed by atoms with Crippen LogP contribution in [0.15, 0.2) is 16.5 Å². The summed E-state index contributed by atoms with van der Waals surface area (Å²) in [4.78, 5) is 11.6. The number of carbonyl (C=O) groups excluding carboxylic acids is 1. The van der Waals surface area contributed by atoms with E-state index in [0.717, 1.165) is 17.4 Å². The molecule has 0 aromatic carbocycles. The maximum absolute atomic E-state index is 11.6. The van der Waals surface area contributed by atoms with Gasteiger partial charge in [0.15, 0.2) is 0 Å². The minimum atomic E-state index is -0.449. The Morgan fingerprint density at radius 1 is 1.58 bits per heavy atom. The lowest BCUT2D eigenvalue weighted by atomic mass is 10.2. The van der Waals surface area contributed by atoms with Crippen molar-refractivity contribution in [1.29, 1.82) is 0 Å². The van der Waals surface area contributed by atoms with Gasteiger partial charge in [-0.1, -0.05) is 13.8 Å². The molecule has 4 heteroatoms. The summed E-state index contributed by atoms with van der Waals surface area (Å²) in [5, 5.41) is 12.1. The Labute approximate surface area is 114 Å². The summed E-state index contributed by atoms with van der Waals surface area (Å²) in [6.45, 7) is 4.44. The number of aliphatic hydroxyl groups is 1. The predicted molar refractivity (Wildman–Crippen MR) is 72.9 cm³/mol. The number of hydrogen-bond donors (Lipinski definition) is 2. The molecule has 1 aliphatic carbocycles. The van der Waals surface area contributed by atoms with Gasteiger partial charge in [-0.05, 0) is 30.9 Å². The zero-order valence-electron chi connectivity index (χ0n) is 11.7. The molecule has 106 valence electrons. The first kappa shape index (κ1) is 14.1. The highest BCUT2D eigenvalue weighted by Gasteiger charge is 2.36. The third-order valence-electron chi connectivity index (χ3n) is 3.76. The van der Waals surface area contributed by atoms with Gasteiger partial charge in [-0.3, -0.25) is 4.79 Å². The molecule has 3 unspecified atom stereocenters. The topological polar surface area (TPSA) is 62.5 Å². The number of rotatable bonds is 7. The van der Waals surface area contributed by atoms with E-state index in [9.17, 15) is 9.90 Å². The first-order valence-corrected chi connectivity index (χ1v) is 7.13. The van der Waals surface area contributed by atoms with Crippen molar-refractivity contribution < 1.29 is 14.3 Å².